The van der Waals surface area contributed by atoms with Gasteiger partial charge < -0.3 is 14.6 Å². The van der Waals surface area contributed by atoms with Crippen LogP contribution in [0, 0.1) is 0 Å². The van der Waals surface area contributed by atoms with Crippen LogP contribution in [0.2, 0.25) is 0 Å². The number of aromatic nitrogens is 1. The fraction of sp³-hybridized carbons (Fsp3) is 0.129. The third kappa shape index (κ3) is 3.87. The highest BCUT2D eigenvalue weighted by Gasteiger charge is 2.52. The molecule has 0 aliphatic carbocycles. The lowest BCUT2D eigenvalue weighted by atomic mass is 9.66. The van der Waals surface area contributed by atoms with Crippen LogP contribution in [0.25, 0.3) is 10.9 Å². The van der Waals surface area contributed by atoms with E-state index < -0.39 is 11.5 Å². The van der Waals surface area contributed by atoms with Gasteiger partial charge in [0, 0.05) is 35.4 Å². The van der Waals surface area contributed by atoms with Crippen molar-refractivity contribution < 1.29 is 9.53 Å². The number of para-hydroxylation sites is 2. The van der Waals surface area contributed by atoms with Crippen LogP contribution in [0.1, 0.15) is 22.7 Å². The Morgan fingerprint density at radius 3 is 2.03 bits per heavy atom. The fourth-order valence-corrected chi connectivity index (χ4v) is 5.13. The fourth-order valence-electron chi connectivity index (χ4n) is 5.13. The second kappa shape index (κ2) is 9.51. The van der Waals surface area contributed by atoms with Crippen molar-refractivity contribution in [3.05, 3.63) is 138 Å². The van der Waals surface area contributed by atoms with Gasteiger partial charge in [-0.1, -0.05) is 97.1 Å². The lowest BCUT2D eigenvalue weighted by Gasteiger charge is -2.40. The number of anilines is 1. The molecule has 4 nitrogen and oxygen atoms in total. The molecule has 0 spiro atoms. The molecule has 1 N–H and O–H groups in total. The molecular formula is C31H28N2O2. The van der Waals surface area contributed by atoms with Crippen molar-refractivity contribution in [1.29, 1.82) is 0 Å². The van der Waals surface area contributed by atoms with E-state index in [9.17, 15) is 4.79 Å². The molecule has 0 saturated heterocycles. The first-order valence-corrected chi connectivity index (χ1v) is 11.7. The Morgan fingerprint density at radius 1 is 0.800 bits per heavy atom. The third-order valence-corrected chi connectivity index (χ3v) is 6.71. The van der Waals surface area contributed by atoms with Gasteiger partial charge in [-0.15, -0.1) is 0 Å². The lowest BCUT2D eigenvalue weighted by molar-refractivity contribution is -0.146. The minimum absolute atomic E-state index is 0.322. The van der Waals surface area contributed by atoms with E-state index in [2.05, 4.69) is 40.3 Å². The summed E-state index contributed by atoms with van der Waals surface area (Å²) in [7, 11) is 3.48. The molecule has 1 heterocycles. The van der Waals surface area contributed by atoms with Crippen LogP contribution in [0.5, 0.6) is 0 Å². The summed E-state index contributed by atoms with van der Waals surface area (Å²) < 4.78 is 7.71. The van der Waals surface area contributed by atoms with E-state index in [0.29, 0.717) is 0 Å². The second-order valence-corrected chi connectivity index (χ2v) is 8.69. The minimum atomic E-state index is -1.17. The number of nitrogens with one attached hydrogen (secondary N) is 1. The number of carbonyl (C=O) groups excluding carboxylic acids is 1. The normalized spacial score (nSPS) is 13.7. The van der Waals surface area contributed by atoms with Gasteiger partial charge in [0.1, 0.15) is 5.41 Å². The molecule has 1 aromatic heterocycles. The quantitative estimate of drug-likeness (QED) is 0.282. The monoisotopic (exact) mass is 460 g/mol. The van der Waals surface area contributed by atoms with Crippen LogP contribution in [0.15, 0.2) is 121 Å². The summed E-state index contributed by atoms with van der Waals surface area (Å²) in [6.07, 6.45) is 2.07. The number of carbonyl (C=O) groups is 1. The van der Waals surface area contributed by atoms with Crippen LogP contribution in [-0.2, 0) is 22.0 Å². The number of aryl methyl sites for hydroxylation is 1. The highest BCUT2D eigenvalue weighted by Crippen LogP contribution is 2.48. The van der Waals surface area contributed by atoms with Gasteiger partial charge >= 0.3 is 5.97 Å². The molecular weight excluding hydrogens is 432 g/mol. The molecule has 4 aromatic carbocycles. The summed E-state index contributed by atoms with van der Waals surface area (Å²) >= 11 is 0. The number of hydrogen-bond donors (Lipinski definition) is 1. The number of ether oxygens (including phenoxy) is 1. The summed E-state index contributed by atoms with van der Waals surface area (Å²) in [6.45, 7) is 0. The smallest absolute Gasteiger partial charge is 0.323 e. The number of nitrogens with zero attached hydrogens (tertiary/aromatic N) is 1. The first-order valence-electron chi connectivity index (χ1n) is 11.7. The highest BCUT2D eigenvalue weighted by atomic mass is 16.5. The summed E-state index contributed by atoms with van der Waals surface area (Å²) in [4.78, 5) is 14.2. The van der Waals surface area contributed by atoms with Crippen LogP contribution in [-0.4, -0.2) is 17.6 Å². The number of benzene rings is 4. The Kier molecular flexibility index (Phi) is 6.11. The van der Waals surface area contributed by atoms with Crippen molar-refractivity contribution in [1.82, 2.24) is 4.57 Å². The Bertz CT molecular complexity index is 1430. The van der Waals surface area contributed by atoms with Crippen molar-refractivity contribution in [2.24, 2.45) is 7.05 Å². The maximum absolute atomic E-state index is 14.2. The molecule has 0 radical (unpaired) electrons. The van der Waals surface area contributed by atoms with E-state index in [-0.39, 0.29) is 5.97 Å². The molecule has 0 saturated carbocycles. The summed E-state index contributed by atoms with van der Waals surface area (Å²) in [5, 5.41) is 4.73. The molecule has 2 atom stereocenters. The molecule has 0 fully saturated rings. The lowest BCUT2D eigenvalue weighted by Crippen LogP contribution is -2.46. The Labute approximate surface area is 205 Å². The molecule has 0 aliphatic heterocycles. The van der Waals surface area contributed by atoms with E-state index in [1.807, 2.05) is 98.0 Å². The van der Waals surface area contributed by atoms with Crippen molar-refractivity contribution in [2.75, 3.05) is 12.4 Å². The molecule has 35 heavy (non-hydrogen) atoms. The van der Waals surface area contributed by atoms with Crippen molar-refractivity contribution in [3.8, 4) is 0 Å². The van der Waals surface area contributed by atoms with Gasteiger partial charge in [-0.2, -0.15) is 0 Å². The number of esters is 1. The first-order chi connectivity index (χ1) is 17.2. The molecule has 174 valence electrons. The first kappa shape index (κ1) is 22.5. The average Bonchev–Trinajstić information content (AvgIpc) is 3.26. The zero-order valence-electron chi connectivity index (χ0n) is 19.9. The van der Waals surface area contributed by atoms with Crippen LogP contribution < -0.4 is 5.32 Å². The van der Waals surface area contributed by atoms with Crippen LogP contribution in [0.4, 0.5) is 5.69 Å². The molecule has 0 bridgehead atoms. The number of hydrogen-bond acceptors (Lipinski definition) is 3. The maximum Gasteiger partial charge on any atom is 0.323 e. The van der Waals surface area contributed by atoms with E-state index in [0.717, 1.165) is 33.3 Å². The molecule has 0 aliphatic rings. The molecule has 2 unspecified atom stereocenters. The van der Waals surface area contributed by atoms with Crippen molar-refractivity contribution in [2.45, 2.75) is 11.5 Å². The molecule has 0 amide bonds. The average molecular weight is 461 g/mol. The largest absolute Gasteiger partial charge is 0.468 e. The van der Waals surface area contributed by atoms with E-state index in [1.165, 1.54) is 7.11 Å². The molecule has 4 heteroatoms. The van der Waals surface area contributed by atoms with Gasteiger partial charge in [0.25, 0.3) is 0 Å². The zero-order valence-corrected chi connectivity index (χ0v) is 19.9. The number of methoxy groups -OCH3 is 1. The number of fused-ring (bicyclic) bond motifs is 1. The Balaban J connectivity index is 1.90. The van der Waals surface area contributed by atoms with Crippen molar-refractivity contribution >= 4 is 22.6 Å². The Hall–Kier alpha value is -4.31. The predicted molar refractivity (Wildman–Crippen MR) is 141 cm³/mol. The van der Waals surface area contributed by atoms with Gasteiger partial charge in [0.2, 0.25) is 0 Å². The second-order valence-electron chi connectivity index (χ2n) is 8.69. The Morgan fingerprint density at radius 2 is 1.37 bits per heavy atom. The van der Waals surface area contributed by atoms with E-state index in [4.69, 9.17) is 4.74 Å². The minimum Gasteiger partial charge on any atom is -0.468 e. The van der Waals surface area contributed by atoms with Gasteiger partial charge in [0.05, 0.1) is 13.2 Å². The third-order valence-electron chi connectivity index (χ3n) is 6.71. The maximum atomic E-state index is 14.2. The van der Waals surface area contributed by atoms with Crippen LogP contribution >= 0.6 is 0 Å². The molecule has 5 rings (SSSR count). The van der Waals surface area contributed by atoms with Crippen LogP contribution in [0.3, 0.4) is 0 Å². The SMILES string of the molecule is COC(=O)C(c1ccccc1)(c1cn(C)c2ccccc12)C(Nc1ccccc1)c1ccccc1. The summed E-state index contributed by atoms with van der Waals surface area (Å²) in [6, 6.07) is 37.8. The zero-order chi connectivity index (χ0) is 24.3. The standard InChI is InChI=1S/C31H28N2O2/c1-33-22-27(26-20-12-13-21-28(26)33)31(30(34)35-2,24-16-8-4-9-17-24)29(23-14-6-3-7-15-23)32-25-18-10-5-11-19-25/h3-22,29,32H,1-2H3. The van der Waals surface area contributed by atoms with Gasteiger partial charge in [-0.3, -0.25) is 4.79 Å². The van der Waals surface area contributed by atoms with Gasteiger partial charge in [-0.05, 0) is 29.3 Å². The van der Waals surface area contributed by atoms with E-state index in [1.54, 1.807) is 0 Å². The highest BCUT2D eigenvalue weighted by molar-refractivity contribution is 5.97. The summed E-state index contributed by atoms with van der Waals surface area (Å²) in [5.41, 5.74) is 3.54. The topological polar surface area (TPSA) is 43.3 Å². The van der Waals surface area contributed by atoms with E-state index >= 15 is 0 Å². The van der Waals surface area contributed by atoms with Gasteiger partial charge in [0.15, 0.2) is 0 Å². The number of rotatable bonds is 7. The van der Waals surface area contributed by atoms with Crippen molar-refractivity contribution in [3.63, 3.8) is 0 Å². The predicted octanol–water partition coefficient (Wildman–Crippen LogP) is 6.49. The van der Waals surface area contributed by atoms with Gasteiger partial charge in [-0.25, -0.2) is 0 Å². The molecule has 5 aromatic rings. The summed E-state index contributed by atoms with van der Waals surface area (Å²) in [5.74, 6) is -0.322.